The zero-order valence-electron chi connectivity index (χ0n) is 9.54. The van der Waals surface area contributed by atoms with E-state index in [4.69, 9.17) is 5.73 Å². The van der Waals surface area contributed by atoms with Gasteiger partial charge in [-0.3, -0.25) is 4.79 Å². The molecule has 0 heterocycles. The van der Waals surface area contributed by atoms with E-state index in [1.54, 1.807) is 0 Å². The van der Waals surface area contributed by atoms with Gasteiger partial charge < -0.3 is 11.1 Å². The fourth-order valence-electron chi connectivity index (χ4n) is 2.28. The number of nitrogens with one attached hydrogen (secondary N) is 1. The molecule has 2 unspecified atom stereocenters. The SMILES string of the molecule is CC(NC(=O)CC(N)C1CC1)C1CCC1. The molecule has 0 aromatic heterocycles. The van der Waals surface area contributed by atoms with Gasteiger partial charge in [0.05, 0.1) is 0 Å². The lowest BCUT2D eigenvalue weighted by Gasteiger charge is -2.32. The summed E-state index contributed by atoms with van der Waals surface area (Å²) in [5.41, 5.74) is 5.92. The van der Waals surface area contributed by atoms with E-state index < -0.39 is 0 Å². The summed E-state index contributed by atoms with van der Waals surface area (Å²) in [5.74, 6) is 1.48. The summed E-state index contributed by atoms with van der Waals surface area (Å²) in [6.07, 6.45) is 6.82. The maximum atomic E-state index is 11.6. The van der Waals surface area contributed by atoms with Crippen molar-refractivity contribution in [1.82, 2.24) is 5.32 Å². The lowest BCUT2D eigenvalue weighted by atomic mass is 9.80. The molecular formula is C12H22N2O. The monoisotopic (exact) mass is 210 g/mol. The normalized spacial score (nSPS) is 25.5. The Morgan fingerprint density at radius 1 is 1.33 bits per heavy atom. The molecule has 15 heavy (non-hydrogen) atoms. The van der Waals surface area contributed by atoms with Crippen LogP contribution < -0.4 is 11.1 Å². The van der Waals surface area contributed by atoms with Crippen molar-refractivity contribution in [3.63, 3.8) is 0 Å². The third-order valence-corrected chi connectivity index (χ3v) is 3.89. The van der Waals surface area contributed by atoms with Crippen LogP contribution in [0.3, 0.4) is 0 Å². The van der Waals surface area contributed by atoms with Crippen molar-refractivity contribution in [3.05, 3.63) is 0 Å². The maximum absolute atomic E-state index is 11.6. The van der Waals surface area contributed by atoms with E-state index in [9.17, 15) is 4.79 Å². The van der Waals surface area contributed by atoms with Crippen LogP contribution in [0.4, 0.5) is 0 Å². The summed E-state index contributed by atoms with van der Waals surface area (Å²) in [4.78, 5) is 11.6. The van der Waals surface area contributed by atoms with Gasteiger partial charge >= 0.3 is 0 Å². The van der Waals surface area contributed by atoms with Crippen molar-refractivity contribution in [2.45, 2.75) is 57.5 Å². The van der Waals surface area contributed by atoms with Gasteiger partial charge in [0.1, 0.15) is 0 Å². The lowest BCUT2D eigenvalue weighted by Crippen LogP contribution is -2.42. The molecule has 2 aliphatic carbocycles. The second-order valence-electron chi connectivity index (χ2n) is 5.25. The first-order valence-electron chi connectivity index (χ1n) is 6.21. The van der Waals surface area contributed by atoms with E-state index >= 15 is 0 Å². The third-order valence-electron chi connectivity index (χ3n) is 3.89. The Morgan fingerprint density at radius 2 is 2.00 bits per heavy atom. The van der Waals surface area contributed by atoms with Crippen molar-refractivity contribution in [3.8, 4) is 0 Å². The van der Waals surface area contributed by atoms with Crippen molar-refractivity contribution in [1.29, 1.82) is 0 Å². The van der Waals surface area contributed by atoms with Gasteiger partial charge in [0.25, 0.3) is 0 Å². The van der Waals surface area contributed by atoms with Crippen molar-refractivity contribution >= 4 is 5.91 Å². The molecule has 0 aromatic rings. The molecule has 3 N–H and O–H groups in total. The Hall–Kier alpha value is -0.570. The van der Waals surface area contributed by atoms with Crippen molar-refractivity contribution in [2.24, 2.45) is 17.6 Å². The zero-order valence-corrected chi connectivity index (χ0v) is 9.54. The molecule has 0 aromatic carbocycles. The quantitative estimate of drug-likeness (QED) is 0.721. The molecule has 86 valence electrons. The topological polar surface area (TPSA) is 55.1 Å². The first-order chi connectivity index (χ1) is 7.16. The highest BCUT2D eigenvalue weighted by molar-refractivity contribution is 5.77. The molecule has 1 amide bonds. The molecule has 0 radical (unpaired) electrons. The van der Waals surface area contributed by atoms with Crippen LogP contribution in [0.2, 0.25) is 0 Å². The van der Waals surface area contributed by atoms with Crippen LogP contribution in [0.25, 0.3) is 0 Å². The predicted octanol–water partition coefficient (Wildman–Crippen LogP) is 1.42. The van der Waals surface area contributed by atoms with Crippen LogP contribution in [0.15, 0.2) is 0 Å². The van der Waals surface area contributed by atoms with Gasteiger partial charge in [0, 0.05) is 18.5 Å². The zero-order chi connectivity index (χ0) is 10.8. The Bertz CT molecular complexity index is 234. The molecule has 2 fully saturated rings. The largest absolute Gasteiger partial charge is 0.353 e. The highest BCUT2D eigenvalue weighted by Crippen LogP contribution is 2.33. The third kappa shape index (κ3) is 2.94. The Balaban J connectivity index is 1.66. The molecule has 0 bridgehead atoms. The number of nitrogens with two attached hydrogens (primary N) is 1. The summed E-state index contributed by atoms with van der Waals surface area (Å²) >= 11 is 0. The van der Waals surface area contributed by atoms with Gasteiger partial charge in [-0.25, -0.2) is 0 Å². The molecule has 0 aliphatic heterocycles. The number of hydrogen-bond donors (Lipinski definition) is 2. The second-order valence-corrected chi connectivity index (χ2v) is 5.25. The second kappa shape index (κ2) is 4.52. The van der Waals surface area contributed by atoms with Gasteiger partial charge in [-0.1, -0.05) is 6.42 Å². The minimum atomic E-state index is 0.0959. The van der Waals surface area contributed by atoms with E-state index in [-0.39, 0.29) is 11.9 Å². The molecule has 2 atom stereocenters. The van der Waals surface area contributed by atoms with E-state index in [0.29, 0.717) is 24.3 Å². The number of carbonyl (C=O) groups is 1. The Labute approximate surface area is 91.8 Å². The van der Waals surface area contributed by atoms with Gasteiger partial charge in [0.2, 0.25) is 5.91 Å². The summed E-state index contributed by atoms with van der Waals surface area (Å²) in [7, 11) is 0. The first-order valence-corrected chi connectivity index (χ1v) is 6.21. The predicted molar refractivity (Wildman–Crippen MR) is 60.3 cm³/mol. The first kappa shape index (κ1) is 10.9. The van der Waals surface area contributed by atoms with E-state index in [0.717, 1.165) is 0 Å². The molecule has 2 aliphatic rings. The van der Waals surface area contributed by atoms with Gasteiger partial charge in [-0.15, -0.1) is 0 Å². The van der Waals surface area contributed by atoms with Crippen LogP contribution >= 0.6 is 0 Å². The van der Waals surface area contributed by atoms with Crippen molar-refractivity contribution < 1.29 is 4.79 Å². The number of amides is 1. The smallest absolute Gasteiger partial charge is 0.221 e. The Kier molecular flexibility index (Phi) is 3.29. The van der Waals surface area contributed by atoms with E-state index in [1.807, 2.05) is 0 Å². The number of carbonyl (C=O) groups excluding carboxylic acids is 1. The summed E-state index contributed by atoms with van der Waals surface area (Å²) in [5, 5.41) is 3.08. The molecular weight excluding hydrogens is 188 g/mol. The minimum Gasteiger partial charge on any atom is -0.353 e. The molecule has 3 nitrogen and oxygen atoms in total. The van der Waals surface area contributed by atoms with E-state index in [1.165, 1.54) is 32.1 Å². The average Bonchev–Trinajstić information content (AvgIpc) is 2.80. The highest BCUT2D eigenvalue weighted by Gasteiger charge is 2.31. The fourth-order valence-corrected chi connectivity index (χ4v) is 2.28. The summed E-state index contributed by atoms with van der Waals surface area (Å²) < 4.78 is 0. The highest BCUT2D eigenvalue weighted by atomic mass is 16.1. The fraction of sp³-hybridized carbons (Fsp3) is 0.917. The summed E-state index contributed by atoms with van der Waals surface area (Å²) in [6, 6.07) is 0.441. The number of rotatable bonds is 5. The van der Waals surface area contributed by atoms with Gasteiger partial charge in [-0.05, 0) is 44.4 Å². The van der Waals surface area contributed by atoms with Gasteiger partial charge in [-0.2, -0.15) is 0 Å². The maximum Gasteiger partial charge on any atom is 0.221 e. The molecule has 2 rings (SSSR count). The lowest BCUT2D eigenvalue weighted by molar-refractivity contribution is -0.122. The molecule has 3 heteroatoms. The molecule has 0 saturated heterocycles. The Morgan fingerprint density at radius 3 is 2.47 bits per heavy atom. The molecule has 2 saturated carbocycles. The minimum absolute atomic E-state index is 0.0959. The summed E-state index contributed by atoms with van der Waals surface area (Å²) in [6.45, 7) is 2.12. The van der Waals surface area contributed by atoms with Crippen LogP contribution in [0.5, 0.6) is 0 Å². The number of hydrogen-bond acceptors (Lipinski definition) is 2. The standard InChI is InChI=1S/C12H22N2O/c1-8(9-3-2-4-9)14-12(15)7-11(13)10-5-6-10/h8-11H,2-7,13H2,1H3,(H,14,15). The average molecular weight is 210 g/mol. The van der Waals surface area contributed by atoms with Crippen LogP contribution in [-0.4, -0.2) is 18.0 Å². The van der Waals surface area contributed by atoms with Crippen LogP contribution in [-0.2, 0) is 4.79 Å². The van der Waals surface area contributed by atoms with Crippen molar-refractivity contribution in [2.75, 3.05) is 0 Å². The van der Waals surface area contributed by atoms with Crippen LogP contribution in [0, 0.1) is 11.8 Å². The van der Waals surface area contributed by atoms with Gasteiger partial charge in [0.15, 0.2) is 0 Å². The molecule has 0 spiro atoms. The van der Waals surface area contributed by atoms with E-state index in [2.05, 4.69) is 12.2 Å². The van der Waals surface area contributed by atoms with Crippen LogP contribution in [0.1, 0.15) is 45.4 Å².